The molecule has 1 aromatic heterocycles. The summed E-state index contributed by atoms with van der Waals surface area (Å²) in [4.78, 5) is 13.2. The van der Waals surface area contributed by atoms with E-state index in [9.17, 15) is 0 Å². The lowest BCUT2D eigenvalue weighted by Gasteiger charge is -2.13. The minimum atomic E-state index is 0.255. The fourth-order valence-corrected chi connectivity index (χ4v) is 2.25. The highest BCUT2D eigenvalue weighted by molar-refractivity contribution is 5.54. The van der Waals surface area contributed by atoms with Crippen LogP contribution in [0.5, 0.6) is 0 Å². The quantitative estimate of drug-likeness (QED) is 0.826. The highest BCUT2D eigenvalue weighted by Gasteiger charge is 2.14. The van der Waals surface area contributed by atoms with Crippen LogP contribution < -0.4 is 0 Å². The molecule has 0 saturated carbocycles. The Bertz CT molecular complexity index is 669. The van der Waals surface area contributed by atoms with Crippen molar-refractivity contribution in [2.45, 2.75) is 26.2 Å². The second-order valence-electron chi connectivity index (χ2n) is 5.18. The molecule has 0 spiro atoms. The van der Waals surface area contributed by atoms with Crippen LogP contribution in [0, 0.1) is 6.92 Å². The van der Waals surface area contributed by atoms with Crippen molar-refractivity contribution in [3.8, 4) is 11.4 Å². The van der Waals surface area contributed by atoms with Gasteiger partial charge < -0.3 is 0 Å². The molecule has 1 aliphatic carbocycles. The van der Waals surface area contributed by atoms with Crippen molar-refractivity contribution in [2.24, 2.45) is 0 Å². The van der Waals surface area contributed by atoms with Gasteiger partial charge in [0.05, 0.1) is 0 Å². The van der Waals surface area contributed by atoms with Crippen LogP contribution in [0.4, 0.5) is 0 Å². The van der Waals surface area contributed by atoms with E-state index in [-0.39, 0.29) is 5.92 Å². The van der Waals surface area contributed by atoms with Crippen molar-refractivity contribution in [2.75, 3.05) is 0 Å². The van der Waals surface area contributed by atoms with Gasteiger partial charge in [0.25, 0.3) is 0 Å². The lowest BCUT2D eigenvalue weighted by molar-refractivity contribution is 0.756. The molecule has 0 radical (unpaired) electrons. The Morgan fingerprint density at radius 2 is 1.85 bits per heavy atom. The Morgan fingerprint density at radius 3 is 2.55 bits per heavy atom. The Hall–Kier alpha value is -2.29. The summed E-state index contributed by atoms with van der Waals surface area (Å²) < 4.78 is 0. The lowest BCUT2D eigenvalue weighted by atomic mass is 9.96. The van der Waals surface area contributed by atoms with Crippen LogP contribution >= 0.6 is 0 Å². The van der Waals surface area contributed by atoms with Gasteiger partial charge in [-0.05, 0) is 20.3 Å². The molecule has 1 heterocycles. The molecule has 1 aromatic carbocycles. The topological polar surface area (TPSA) is 38.7 Å². The minimum Gasteiger partial charge on any atom is -0.221 e. The molecule has 1 atom stereocenters. The van der Waals surface area contributed by atoms with E-state index in [1.807, 2.05) is 0 Å². The molecule has 3 heteroatoms. The summed E-state index contributed by atoms with van der Waals surface area (Å²) in [5.41, 5.74) is 3.57. The first kappa shape index (κ1) is 12.7. The lowest BCUT2D eigenvalue weighted by Crippen LogP contribution is -2.05. The molecular formula is C17H17N3. The number of allylic oxidation sites excluding steroid dienone is 4. The van der Waals surface area contributed by atoms with Crippen LogP contribution in [0.3, 0.4) is 0 Å². The second kappa shape index (κ2) is 5.37. The summed E-state index contributed by atoms with van der Waals surface area (Å²) >= 11 is 0. The SMILES string of the molecule is CC1=CCC(c2ncnc(-c3ccc(C)cc3)n2)C=C1. The van der Waals surface area contributed by atoms with Crippen molar-refractivity contribution >= 4 is 0 Å². The molecule has 2 aromatic rings. The first-order chi connectivity index (χ1) is 9.72. The Balaban J connectivity index is 1.90. The molecule has 0 saturated heterocycles. The summed E-state index contributed by atoms with van der Waals surface area (Å²) in [6.07, 6.45) is 9.09. The van der Waals surface area contributed by atoms with E-state index < -0.39 is 0 Å². The summed E-state index contributed by atoms with van der Waals surface area (Å²) in [6, 6.07) is 8.25. The molecule has 0 amide bonds. The summed E-state index contributed by atoms with van der Waals surface area (Å²) in [5, 5.41) is 0. The summed E-state index contributed by atoms with van der Waals surface area (Å²) in [5.74, 6) is 1.84. The third-order valence-electron chi connectivity index (χ3n) is 3.52. The maximum atomic E-state index is 4.62. The number of rotatable bonds is 2. The molecule has 0 bridgehead atoms. The minimum absolute atomic E-state index is 0.255. The average Bonchev–Trinajstić information content (AvgIpc) is 2.49. The van der Waals surface area contributed by atoms with Crippen molar-refractivity contribution in [1.82, 2.24) is 15.0 Å². The number of benzene rings is 1. The maximum Gasteiger partial charge on any atom is 0.163 e. The number of aryl methyl sites for hydroxylation is 1. The van der Waals surface area contributed by atoms with E-state index in [2.05, 4.69) is 71.3 Å². The highest BCUT2D eigenvalue weighted by Crippen LogP contribution is 2.25. The van der Waals surface area contributed by atoms with Gasteiger partial charge in [0, 0.05) is 11.5 Å². The summed E-state index contributed by atoms with van der Waals surface area (Å²) in [6.45, 7) is 4.18. The Labute approximate surface area is 119 Å². The number of aromatic nitrogens is 3. The fraction of sp³-hybridized carbons (Fsp3) is 0.235. The van der Waals surface area contributed by atoms with Gasteiger partial charge in [0.2, 0.25) is 0 Å². The average molecular weight is 263 g/mol. The first-order valence-electron chi connectivity index (χ1n) is 6.83. The zero-order valence-corrected chi connectivity index (χ0v) is 11.7. The standard InChI is InChI=1S/C17H17N3/c1-12-3-7-14(8-4-12)16-18-11-19-17(20-16)15-9-5-13(2)6-10-15/h3-9,11,15H,10H2,1-2H3. The fourth-order valence-electron chi connectivity index (χ4n) is 2.25. The Kier molecular flexibility index (Phi) is 3.42. The number of nitrogens with zero attached hydrogens (tertiary/aromatic N) is 3. The molecule has 0 aliphatic heterocycles. The molecule has 3 nitrogen and oxygen atoms in total. The van der Waals surface area contributed by atoms with Gasteiger partial charge in [0.15, 0.2) is 5.82 Å². The van der Waals surface area contributed by atoms with E-state index in [1.165, 1.54) is 11.1 Å². The smallest absolute Gasteiger partial charge is 0.163 e. The van der Waals surface area contributed by atoms with Crippen molar-refractivity contribution in [3.63, 3.8) is 0 Å². The molecule has 0 N–H and O–H groups in total. The van der Waals surface area contributed by atoms with E-state index in [0.717, 1.165) is 23.6 Å². The third kappa shape index (κ3) is 2.67. The Morgan fingerprint density at radius 1 is 1.05 bits per heavy atom. The van der Waals surface area contributed by atoms with Gasteiger partial charge in [-0.2, -0.15) is 0 Å². The van der Waals surface area contributed by atoms with Crippen LogP contribution in [0.25, 0.3) is 11.4 Å². The van der Waals surface area contributed by atoms with Crippen LogP contribution in [-0.2, 0) is 0 Å². The normalized spacial score (nSPS) is 17.9. The van der Waals surface area contributed by atoms with Crippen LogP contribution in [0.15, 0.2) is 54.4 Å². The zero-order chi connectivity index (χ0) is 13.9. The van der Waals surface area contributed by atoms with Gasteiger partial charge in [-0.25, -0.2) is 15.0 Å². The second-order valence-corrected chi connectivity index (χ2v) is 5.18. The van der Waals surface area contributed by atoms with E-state index in [4.69, 9.17) is 0 Å². The largest absolute Gasteiger partial charge is 0.221 e. The van der Waals surface area contributed by atoms with Crippen molar-refractivity contribution in [1.29, 1.82) is 0 Å². The first-order valence-corrected chi connectivity index (χ1v) is 6.83. The van der Waals surface area contributed by atoms with E-state index >= 15 is 0 Å². The highest BCUT2D eigenvalue weighted by atomic mass is 15.0. The van der Waals surface area contributed by atoms with Crippen LogP contribution in [0.2, 0.25) is 0 Å². The van der Waals surface area contributed by atoms with Crippen LogP contribution in [0.1, 0.15) is 30.7 Å². The predicted octanol–water partition coefficient (Wildman–Crippen LogP) is 3.84. The van der Waals surface area contributed by atoms with Gasteiger partial charge in [-0.1, -0.05) is 53.6 Å². The molecule has 100 valence electrons. The molecule has 3 rings (SSSR count). The molecule has 0 fully saturated rings. The molecular weight excluding hydrogens is 246 g/mol. The van der Waals surface area contributed by atoms with Gasteiger partial charge in [0.1, 0.15) is 12.2 Å². The third-order valence-corrected chi connectivity index (χ3v) is 3.52. The number of hydrogen-bond donors (Lipinski definition) is 0. The maximum absolute atomic E-state index is 4.62. The van der Waals surface area contributed by atoms with Gasteiger partial charge >= 0.3 is 0 Å². The summed E-state index contributed by atoms with van der Waals surface area (Å²) in [7, 11) is 0. The van der Waals surface area contributed by atoms with E-state index in [1.54, 1.807) is 6.33 Å². The monoisotopic (exact) mass is 263 g/mol. The molecule has 1 unspecified atom stereocenters. The van der Waals surface area contributed by atoms with Gasteiger partial charge in [-0.15, -0.1) is 0 Å². The van der Waals surface area contributed by atoms with Crippen molar-refractivity contribution < 1.29 is 0 Å². The predicted molar refractivity (Wildman–Crippen MR) is 80.3 cm³/mol. The van der Waals surface area contributed by atoms with Crippen LogP contribution in [-0.4, -0.2) is 15.0 Å². The van der Waals surface area contributed by atoms with Crippen molar-refractivity contribution in [3.05, 3.63) is 65.8 Å². The van der Waals surface area contributed by atoms with E-state index in [0.29, 0.717) is 0 Å². The molecule has 1 aliphatic rings. The molecule has 20 heavy (non-hydrogen) atoms. The van der Waals surface area contributed by atoms with Gasteiger partial charge in [-0.3, -0.25) is 0 Å². The zero-order valence-electron chi connectivity index (χ0n) is 11.7. The number of hydrogen-bond acceptors (Lipinski definition) is 3.